The number of aromatic nitrogens is 1. The number of rotatable bonds is 3. The number of aryl methyl sites for hydroxylation is 1. The summed E-state index contributed by atoms with van der Waals surface area (Å²) in [6.07, 6.45) is 1.31. The number of hydrogen-bond acceptors (Lipinski definition) is 4. The number of nitrogen functional groups attached to an aromatic ring is 1. The normalized spacial score (nSPS) is 26.4. The molecule has 1 aliphatic rings. The summed E-state index contributed by atoms with van der Waals surface area (Å²) in [5, 5.41) is 3.43. The Morgan fingerprint density at radius 2 is 2.18 bits per heavy atom. The van der Waals surface area contributed by atoms with Crippen molar-refractivity contribution in [2.45, 2.75) is 39.3 Å². The van der Waals surface area contributed by atoms with Crippen LogP contribution in [0.1, 0.15) is 26.0 Å². The van der Waals surface area contributed by atoms with E-state index in [0.717, 1.165) is 17.9 Å². The molecular weight excluding hydrogens is 214 g/mol. The molecular formula is C13H21N3O. The highest BCUT2D eigenvalue weighted by Crippen LogP contribution is 2.44. The van der Waals surface area contributed by atoms with Gasteiger partial charge < -0.3 is 15.8 Å². The predicted molar refractivity (Wildman–Crippen MR) is 70.0 cm³/mol. The van der Waals surface area contributed by atoms with E-state index in [1.807, 2.05) is 19.1 Å². The number of hydrogen-bond donors (Lipinski definition) is 2. The molecule has 2 atom stereocenters. The van der Waals surface area contributed by atoms with Crippen LogP contribution in [0, 0.1) is 12.3 Å². The van der Waals surface area contributed by atoms with Crippen LogP contribution in [0.3, 0.4) is 0 Å². The zero-order chi connectivity index (χ0) is 12.6. The minimum atomic E-state index is 0.118. The van der Waals surface area contributed by atoms with Gasteiger partial charge in [0.05, 0.1) is 11.8 Å². The fraction of sp³-hybridized carbons (Fsp3) is 0.615. The van der Waals surface area contributed by atoms with Gasteiger partial charge in [0.15, 0.2) is 0 Å². The monoisotopic (exact) mass is 235 g/mol. The van der Waals surface area contributed by atoms with Gasteiger partial charge in [-0.3, -0.25) is 0 Å². The second-order valence-corrected chi connectivity index (χ2v) is 5.37. The quantitative estimate of drug-likeness (QED) is 0.843. The Morgan fingerprint density at radius 1 is 1.47 bits per heavy atom. The molecule has 0 saturated heterocycles. The van der Waals surface area contributed by atoms with Crippen LogP contribution >= 0.6 is 0 Å². The molecule has 0 amide bonds. The van der Waals surface area contributed by atoms with Gasteiger partial charge in [0.25, 0.3) is 0 Å². The van der Waals surface area contributed by atoms with Gasteiger partial charge in [-0.2, -0.15) is 0 Å². The molecule has 1 aromatic heterocycles. The van der Waals surface area contributed by atoms with E-state index in [9.17, 15) is 0 Å². The maximum Gasteiger partial charge on any atom is 0.149 e. The van der Waals surface area contributed by atoms with Crippen LogP contribution in [0.2, 0.25) is 0 Å². The van der Waals surface area contributed by atoms with Crippen LogP contribution in [-0.2, 0) is 4.74 Å². The van der Waals surface area contributed by atoms with Crippen LogP contribution in [-0.4, -0.2) is 24.2 Å². The van der Waals surface area contributed by atoms with Crippen molar-refractivity contribution in [3.05, 3.63) is 17.8 Å². The standard InChI is InChI=1S/C13H21N3O/c1-8-5-6-9(14)12(15-8)16-10-7-11(17-4)13(10,2)3/h5-6,10-11H,7,14H2,1-4H3,(H,15,16). The molecule has 0 aromatic carbocycles. The second-order valence-electron chi connectivity index (χ2n) is 5.37. The summed E-state index contributed by atoms with van der Waals surface area (Å²) in [6.45, 7) is 6.37. The molecule has 1 aromatic rings. The summed E-state index contributed by atoms with van der Waals surface area (Å²) in [7, 11) is 1.77. The van der Waals surface area contributed by atoms with E-state index in [-0.39, 0.29) is 5.41 Å². The number of nitrogens with one attached hydrogen (secondary N) is 1. The number of anilines is 2. The van der Waals surface area contributed by atoms with Crippen molar-refractivity contribution in [3.8, 4) is 0 Å². The minimum Gasteiger partial charge on any atom is -0.396 e. The molecule has 1 heterocycles. The molecule has 4 nitrogen and oxygen atoms in total. The van der Waals surface area contributed by atoms with E-state index >= 15 is 0 Å². The lowest BCUT2D eigenvalue weighted by Gasteiger charge is -2.51. The summed E-state index contributed by atoms with van der Waals surface area (Å²) >= 11 is 0. The van der Waals surface area contributed by atoms with Gasteiger partial charge in [-0.05, 0) is 25.5 Å². The van der Waals surface area contributed by atoms with E-state index < -0.39 is 0 Å². The van der Waals surface area contributed by atoms with Crippen molar-refractivity contribution in [2.75, 3.05) is 18.2 Å². The van der Waals surface area contributed by atoms with Crippen molar-refractivity contribution in [1.29, 1.82) is 0 Å². The molecule has 0 spiro atoms. The van der Waals surface area contributed by atoms with Crippen molar-refractivity contribution >= 4 is 11.5 Å². The average molecular weight is 235 g/mol. The largest absolute Gasteiger partial charge is 0.396 e. The first kappa shape index (κ1) is 12.2. The third-order valence-electron chi connectivity index (χ3n) is 3.84. The van der Waals surface area contributed by atoms with Crippen molar-refractivity contribution in [1.82, 2.24) is 4.98 Å². The SMILES string of the molecule is COC1CC(Nc2nc(C)ccc2N)C1(C)C. The lowest BCUT2D eigenvalue weighted by Crippen LogP contribution is -2.57. The first-order chi connectivity index (χ1) is 7.95. The van der Waals surface area contributed by atoms with Crippen LogP contribution in [0.5, 0.6) is 0 Å². The summed E-state index contributed by atoms with van der Waals surface area (Å²) in [5.41, 5.74) is 7.71. The van der Waals surface area contributed by atoms with E-state index in [1.54, 1.807) is 7.11 Å². The molecule has 1 aliphatic carbocycles. The first-order valence-corrected chi connectivity index (χ1v) is 5.97. The Morgan fingerprint density at radius 3 is 2.76 bits per heavy atom. The van der Waals surface area contributed by atoms with Crippen molar-refractivity contribution in [3.63, 3.8) is 0 Å². The number of nitrogens with zero attached hydrogens (tertiary/aromatic N) is 1. The first-order valence-electron chi connectivity index (χ1n) is 5.97. The molecule has 1 fully saturated rings. The van der Waals surface area contributed by atoms with Gasteiger partial charge in [0.1, 0.15) is 5.82 Å². The number of nitrogens with two attached hydrogens (primary N) is 1. The van der Waals surface area contributed by atoms with Crippen molar-refractivity contribution < 1.29 is 4.74 Å². The fourth-order valence-electron chi connectivity index (χ4n) is 2.38. The topological polar surface area (TPSA) is 60.2 Å². The maximum atomic E-state index is 5.92. The van der Waals surface area contributed by atoms with Gasteiger partial charge in [0.2, 0.25) is 0 Å². The molecule has 3 N–H and O–H groups in total. The Balaban J connectivity index is 2.10. The van der Waals surface area contributed by atoms with E-state index in [0.29, 0.717) is 17.8 Å². The smallest absolute Gasteiger partial charge is 0.149 e. The van der Waals surface area contributed by atoms with E-state index in [1.165, 1.54) is 0 Å². The Kier molecular flexibility index (Phi) is 3.00. The molecule has 2 rings (SSSR count). The molecule has 0 aliphatic heterocycles. The zero-order valence-corrected chi connectivity index (χ0v) is 10.9. The lowest BCUT2D eigenvalue weighted by atomic mass is 9.64. The number of pyridine rings is 1. The summed E-state index contributed by atoms with van der Waals surface area (Å²) < 4.78 is 5.43. The van der Waals surface area contributed by atoms with E-state index in [2.05, 4.69) is 24.1 Å². The summed E-state index contributed by atoms with van der Waals surface area (Å²) in [6, 6.07) is 4.18. The predicted octanol–water partition coefficient (Wildman–Crippen LogP) is 2.20. The van der Waals surface area contributed by atoms with Gasteiger partial charge in [-0.15, -0.1) is 0 Å². The molecule has 2 unspecified atom stereocenters. The molecule has 0 radical (unpaired) electrons. The summed E-state index contributed by atoms with van der Waals surface area (Å²) in [5.74, 6) is 0.789. The number of ether oxygens (including phenoxy) is 1. The maximum absolute atomic E-state index is 5.92. The Labute approximate surface area is 103 Å². The van der Waals surface area contributed by atoms with Gasteiger partial charge >= 0.3 is 0 Å². The highest BCUT2D eigenvalue weighted by Gasteiger charge is 2.48. The highest BCUT2D eigenvalue weighted by molar-refractivity contribution is 5.62. The van der Waals surface area contributed by atoms with Gasteiger partial charge in [0, 0.05) is 24.3 Å². The lowest BCUT2D eigenvalue weighted by molar-refractivity contribution is -0.0795. The van der Waals surface area contributed by atoms with Crippen molar-refractivity contribution in [2.24, 2.45) is 5.41 Å². The molecule has 94 valence electrons. The third-order valence-corrected chi connectivity index (χ3v) is 3.84. The summed E-state index contributed by atoms with van der Waals surface area (Å²) in [4.78, 5) is 4.43. The Hall–Kier alpha value is -1.29. The van der Waals surface area contributed by atoms with E-state index in [4.69, 9.17) is 10.5 Å². The molecule has 0 bridgehead atoms. The minimum absolute atomic E-state index is 0.118. The molecule has 17 heavy (non-hydrogen) atoms. The van der Waals surface area contributed by atoms with Gasteiger partial charge in [-0.25, -0.2) is 4.98 Å². The number of methoxy groups -OCH3 is 1. The molecule has 4 heteroatoms. The van der Waals surface area contributed by atoms with Crippen LogP contribution in [0.4, 0.5) is 11.5 Å². The second kappa shape index (κ2) is 4.18. The van der Waals surface area contributed by atoms with Crippen LogP contribution in [0.15, 0.2) is 12.1 Å². The highest BCUT2D eigenvalue weighted by atomic mass is 16.5. The van der Waals surface area contributed by atoms with Gasteiger partial charge in [-0.1, -0.05) is 13.8 Å². The average Bonchev–Trinajstić information content (AvgIpc) is 2.28. The fourth-order valence-corrected chi connectivity index (χ4v) is 2.38. The molecule has 1 saturated carbocycles. The zero-order valence-electron chi connectivity index (χ0n) is 10.9. The third kappa shape index (κ3) is 2.09. The van der Waals surface area contributed by atoms with Crippen LogP contribution in [0.25, 0.3) is 0 Å². The Bertz CT molecular complexity index is 417. The van der Waals surface area contributed by atoms with Crippen LogP contribution < -0.4 is 11.1 Å².